The second-order valence-corrected chi connectivity index (χ2v) is 5.68. The van der Waals surface area contributed by atoms with Crippen LogP contribution in [0.5, 0.6) is 0 Å². The molecule has 0 atom stereocenters. The standard InChI is InChI=1S/C16H17BrN2O/c1-11-5-3-4-6-12(11)10-19(2)16(20)14-9-13(18)7-8-15(14)17/h3-9H,10,18H2,1-2H3. The van der Waals surface area contributed by atoms with Crippen LogP contribution in [0, 0.1) is 6.92 Å². The topological polar surface area (TPSA) is 46.3 Å². The Hall–Kier alpha value is -1.81. The van der Waals surface area contributed by atoms with Gasteiger partial charge in [-0.25, -0.2) is 0 Å². The molecule has 0 unspecified atom stereocenters. The molecule has 2 rings (SSSR count). The summed E-state index contributed by atoms with van der Waals surface area (Å²) in [5, 5.41) is 0. The van der Waals surface area contributed by atoms with Gasteiger partial charge in [0.05, 0.1) is 5.56 Å². The molecule has 1 amide bonds. The molecule has 104 valence electrons. The largest absolute Gasteiger partial charge is 0.399 e. The lowest BCUT2D eigenvalue weighted by molar-refractivity contribution is 0.0784. The van der Waals surface area contributed by atoms with Gasteiger partial charge in [-0.1, -0.05) is 24.3 Å². The first-order valence-electron chi connectivity index (χ1n) is 6.34. The van der Waals surface area contributed by atoms with Crippen LogP contribution in [0.15, 0.2) is 46.9 Å². The Kier molecular flexibility index (Phi) is 4.45. The summed E-state index contributed by atoms with van der Waals surface area (Å²) in [7, 11) is 1.80. The maximum Gasteiger partial charge on any atom is 0.255 e. The van der Waals surface area contributed by atoms with Gasteiger partial charge in [0, 0.05) is 23.8 Å². The zero-order valence-electron chi connectivity index (χ0n) is 11.6. The summed E-state index contributed by atoms with van der Waals surface area (Å²) in [5.41, 5.74) is 9.24. The van der Waals surface area contributed by atoms with Crippen molar-refractivity contribution in [2.45, 2.75) is 13.5 Å². The van der Waals surface area contributed by atoms with Crippen LogP contribution in [0.2, 0.25) is 0 Å². The van der Waals surface area contributed by atoms with E-state index in [4.69, 9.17) is 5.73 Å². The van der Waals surface area contributed by atoms with Crippen molar-refractivity contribution in [3.8, 4) is 0 Å². The van der Waals surface area contributed by atoms with Crippen LogP contribution in [-0.4, -0.2) is 17.9 Å². The number of anilines is 1. The van der Waals surface area contributed by atoms with Crippen LogP contribution in [0.3, 0.4) is 0 Å². The van der Waals surface area contributed by atoms with E-state index >= 15 is 0 Å². The van der Waals surface area contributed by atoms with Crippen molar-refractivity contribution >= 4 is 27.5 Å². The van der Waals surface area contributed by atoms with Gasteiger partial charge in [0.15, 0.2) is 0 Å². The molecule has 0 aliphatic heterocycles. The number of carbonyl (C=O) groups excluding carboxylic acids is 1. The molecule has 0 spiro atoms. The fraction of sp³-hybridized carbons (Fsp3) is 0.188. The molecule has 0 fully saturated rings. The van der Waals surface area contributed by atoms with Gasteiger partial charge in [-0.15, -0.1) is 0 Å². The predicted octanol–water partition coefficient (Wildman–Crippen LogP) is 3.61. The second kappa shape index (κ2) is 6.09. The average molecular weight is 333 g/mol. The minimum Gasteiger partial charge on any atom is -0.399 e. The van der Waals surface area contributed by atoms with Gasteiger partial charge in [0.1, 0.15) is 0 Å². The van der Waals surface area contributed by atoms with Gasteiger partial charge >= 0.3 is 0 Å². The van der Waals surface area contributed by atoms with Crippen molar-refractivity contribution in [1.82, 2.24) is 4.90 Å². The zero-order chi connectivity index (χ0) is 14.7. The minimum atomic E-state index is -0.0487. The lowest BCUT2D eigenvalue weighted by Gasteiger charge is -2.19. The summed E-state index contributed by atoms with van der Waals surface area (Å²) in [4.78, 5) is 14.2. The number of nitrogen functional groups attached to an aromatic ring is 1. The Morgan fingerprint density at radius 2 is 1.95 bits per heavy atom. The molecule has 0 bridgehead atoms. The van der Waals surface area contributed by atoms with Crippen molar-refractivity contribution in [3.63, 3.8) is 0 Å². The summed E-state index contributed by atoms with van der Waals surface area (Å²) in [5.74, 6) is -0.0487. The van der Waals surface area contributed by atoms with Gasteiger partial charge in [0.25, 0.3) is 5.91 Å². The van der Waals surface area contributed by atoms with Crippen LogP contribution in [0.4, 0.5) is 5.69 Å². The Morgan fingerprint density at radius 3 is 2.65 bits per heavy atom. The third-order valence-electron chi connectivity index (χ3n) is 3.24. The molecule has 2 aromatic rings. The first-order chi connectivity index (χ1) is 9.49. The minimum absolute atomic E-state index is 0.0487. The van der Waals surface area contributed by atoms with E-state index in [-0.39, 0.29) is 5.91 Å². The number of nitrogens with two attached hydrogens (primary N) is 1. The van der Waals surface area contributed by atoms with E-state index in [0.717, 1.165) is 10.0 Å². The van der Waals surface area contributed by atoms with Crippen LogP contribution in [0.25, 0.3) is 0 Å². The lowest BCUT2D eigenvalue weighted by atomic mass is 10.1. The van der Waals surface area contributed by atoms with E-state index in [1.165, 1.54) is 5.56 Å². The van der Waals surface area contributed by atoms with E-state index in [9.17, 15) is 4.79 Å². The lowest BCUT2D eigenvalue weighted by Crippen LogP contribution is -2.27. The Morgan fingerprint density at radius 1 is 1.25 bits per heavy atom. The third-order valence-corrected chi connectivity index (χ3v) is 3.93. The average Bonchev–Trinajstić information content (AvgIpc) is 2.43. The Labute approximate surface area is 127 Å². The zero-order valence-corrected chi connectivity index (χ0v) is 13.1. The highest BCUT2D eigenvalue weighted by molar-refractivity contribution is 9.10. The van der Waals surface area contributed by atoms with Crippen LogP contribution >= 0.6 is 15.9 Å². The van der Waals surface area contributed by atoms with E-state index in [0.29, 0.717) is 17.8 Å². The smallest absolute Gasteiger partial charge is 0.255 e. The highest BCUT2D eigenvalue weighted by Crippen LogP contribution is 2.21. The molecule has 0 aromatic heterocycles. The maximum atomic E-state index is 12.5. The molecule has 20 heavy (non-hydrogen) atoms. The summed E-state index contributed by atoms with van der Waals surface area (Å²) >= 11 is 3.40. The molecule has 4 heteroatoms. The predicted molar refractivity (Wildman–Crippen MR) is 85.5 cm³/mol. The summed E-state index contributed by atoms with van der Waals surface area (Å²) < 4.78 is 0.758. The number of hydrogen-bond acceptors (Lipinski definition) is 2. The van der Waals surface area contributed by atoms with E-state index in [2.05, 4.69) is 15.9 Å². The van der Waals surface area contributed by atoms with Crippen molar-refractivity contribution < 1.29 is 4.79 Å². The molecule has 2 N–H and O–H groups in total. The van der Waals surface area contributed by atoms with E-state index < -0.39 is 0 Å². The Balaban J connectivity index is 2.21. The van der Waals surface area contributed by atoms with Crippen LogP contribution in [0.1, 0.15) is 21.5 Å². The van der Waals surface area contributed by atoms with Crippen molar-refractivity contribution in [2.75, 3.05) is 12.8 Å². The number of benzene rings is 2. The number of amides is 1. The molecule has 0 heterocycles. The number of rotatable bonds is 3. The molecule has 0 aliphatic rings. The number of hydrogen-bond donors (Lipinski definition) is 1. The van der Waals surface area contributed by atoms with Crippen molar-refractivity contribution in [2.24, 2.45) is 0 Å². The summed E-state index contributed by atoms with van der Waals surface area (Å²) in [6.45, 7) is 2.62. The normalized spacial score (nSPS) is 10.3. The molecule has 0 radical (unpaired) electrons. The van der Waals surface area contributed by atoms with E-state index in [1.807, 2.05) is 31.2 Å². The van der Waals surface area contributed by atoms with Crippen LogP contribution < -0.4 is 5.73 Å². The molecular weight excluding hydrogens is 316 g/mol. The fourth-order valence-corrected chi connectivity index (χ4v) is 2.44. The SMILES string of the molecule is Cc1ccccc1CN(C)C(=O)c1cc(N)ccc1Br. The van der Waals surface area contributed by atoms with Gasteiger partial charge in [-0.2, -0.15) is 0 Å². The summed E-state index contributed by atoms with van der Waals surface area (Å²) in [6.07, 6.45) is 0. The first-order valence-corrected chi connectivity index (χ1v) is 7.13. The van der Waals surface area contributed by atoms with Gasteiger partial charge < -0.3 is 10.6 Å². The fourth-order valence-electron chi connectivity index (χ4n) is 2.03. The van der Waals surface area contributed by atoms with Gasteiger partial charge in [0.2, 0.25) is 0 Å². The monoisotopic (exact) mass is 332 g/mol. The third kappa shape index (κ3) is 3.20. The summed E-state index contributed by atoms with van der Waals surface area (Å²) in [6, 6.07) is 13.3. The number of halogens is 1. The van der Waals surface area contributed by atoms with Gasteiger partial charge in [-0.05, 0) is 52.2 Å². The molecular formula is C16H17BrN2O. The van der Waals surface area contributed by atoms with Gasteiger partial charge in [-0.3, -0.25) is 4.79 Å². The molecule has 0 saturated carbocycles. The highest BCUT2D eigenvalue weighted by Gasteiger charge is 2.16. The molecule has 0 saturated heterocycles. The second-order valence-electron chi connectivity index (χ2n) is 4.83. The van der Waals surface area contributed by atoms with Crippen molar-refractivity contribution in [1.29, 1.82) is 0 Å². The number of nitrogens with zero attached hydrogens (tertiary/aromatic N) is 1. The highest BCUT2D eigenvalue weighted by atomic mass is 79.9. The van der Waals surface area contributed by atoms with E-state index in [1.54, 1.807) is 30.1 Å². The Bertz CT molecular complexity index is 640. The van der Waals surface area contributed by atoms with Crippen LogP contribution in [-0.2, 0) is 6.54 Å². The molecule has 2 aromatic carbocycles. The number of carbonyl (C=O) groups is 1. The first kappa shape index (κ1) is 14.6. The van der Waals surface area contributed by atoms with Crippen molar-refractivity contribution in [3.05, 3.63) is 63.6 Å². The molecule has 3 nitrogen and oxygen atoms in total. The molecule has 0 aliphatic carbocycles. The number of aryl methyl sites for hydroxylation is 1. The maximum absolute atomic E-state index is 12.5. The quantitative estimate of drug-likeness (QED) is 0.872.